The van der Waals surface area contributed by atoms with Crippen LogP contribution in [0.4, 0.5) is 0 Å². The van der Waals surface area contributed by atoms with Crippen LogP contribution in [0, 0.1) is 0 Å². The van der Waals surface area contributed by atoms with E-state index in [1.54, 1.807) is 0 Å². The molecule has 1 heteroatoms. The van der Waals surface area contributed by atoms with E-state index >= 15 is 0 Å². The van der Waals surface area contributed by atoms with Crippen LogP contribution < -0.4 is 0 Å². The van der Waals surface area contributed by atoms with Crippen molar-refractivity contribution in [1.82, 2.24) is 0 Å². The Hall–Kier alpha value is -1.08. The maximum absolute atomic E-state index is 10.3. The zero-order chi connectivity index (χ0) is 11.3. The van der Waals surface area contributed by atoms with Crippen molar-refractivity contribution in [3.05, 3.63) is 48.0 Å². The maximum atomic E-state index is 10.3. The molecular weight excluding hydrogens is 184 g/mol. The molecule has 0 aliphatic carbocycles. The van der Waals surface area contributed by atoms with E-state index in [0.717, 1.165) is 24.8 Å². The van der Waals surface area contributed by atoms with Gasteiger partial charge in [-0.05, 0) is 37.3 Å². The fourth-order valence-corrected chi connectivity index (χ4v) is 1.65. The SMILES string of the molecule is C=CCCC(C)(O)c1cccc(CC)c1. The number of rotatable bonds is 5. The summed E-state index contributed by atoms with van der Waals surface area (Å²) in [4.78, 5) is 0. The Morgan fingerprint density at radius 1 is 1.47 bits per heavy atom. The van der Waals surface area contributed by atoms with Crippen LogP contribution in [0.3, 0.4) is 0 Å². The van der Waals surface area contributed by atoms with Gasteiger partial charge in [0.25, 0.3) is 0 Å². The maximum Gasteiger partial charge on any atom is 0.0871 e. The summed E-state index contributed by atoms with van der Waals surface area (Å²) in [7, 11) is 0. The van der Waals surface area contributed by atoms with E-state index in [9.17, 15) is 5.11 Å². The largest absolute Gasteiger partial charge is 0.385 e. The van der Waals surface area contributed by atoms with E-state index in [2.05, 4.69) is 25.6 Å². The molecule has 0 aliphatic rings. The van der Waals surface area contributed by atoms with Crippen molar-refractivity contribution in [2.24, 2.45) is 0 Å². The minimum atomic E-state index is -0.737. The van der Waals surface area contributed by atoms with Crippen LogP contribution in [0.5, 0.6) is 0 Å². The Labute approximate surface area is 92.5 Å². The second-order valence-corrected chi connectivity index (χ2v) is 4.16. The number of benzene rings is 1. The Kier molecular flexibility index (Phi) is 4.10. The molecule has 15 heavy (non-hydrogen) atoms. The number of hydrogen-bond acceptors (Lipinski definition) is 1. The lowest BCUT2D eigenvalue weighted by Crippen LogP contribution is -2.20. The van der Waals surface area contributed by atoms with Crippen LogP contribution in [0.15, 0.2) is 36.9 Å². The van der Waals surface area contributed by atoms with E-state index in [1.807, 2.05) is 25.1 Å². The predicted molar refractivity (Wildman–Crippen MR) is 64.8 cm³/mol. The minimum absolute atomic E-state index is 0.726. The summed E-state index contributed by atoms with van der Waals surface area (Å²) in [6, 6.07) is 8.18. The van der Waals surface area contributed by atoms with Gasteiger partial charge in [-0.15, -0.1) is 6.58 Å². The highest BCUT2D eigenvalue weighted by Gasteiger charge is 2.21. The molecule has 82 valence electrons. The summed E-state index contributed by atoms with van der Waals surface area (Å²) in [5.74, 6) is 0. The molecular formula is C14H20O. The van der Waals surface area contributed by atoms with Crippen LogP contribution >= 0.6 is 0 Å². The van der Waals surface area contributed by atoms with Crippen molar-refractivity contribution in [3.8, 4) is 0 Å². The van der Waals surface area contributed by atoms with E-state index in [4.69, 9.17) is 0 Å². The second-order valence-electron chi connectivity index (χ2n) is 4.16. The molecule has 1 unspecified atom stereocenters. The van der Waals surface area contributed by atoms with Gasteiger partial charge in [-0.2, -0.15) is 0 Å². The number of aliphatic hydroxyl groups is 1. The van der Waals surface area contributed by atoms with Gasteiger partial charge >= 0.3 is 0 Å². The van der Waals surface area contributed by atoms with E-state index in [0.29, 0.717) is 0 Å². The molecule has 0 saturated carbocycles. The molecule has 1 N–H and O–H groups in total. The van der Waals surface area contributed by atoms with Crippen LogP contribution in [0.25, 0.3) is 0 Å². The first-order valence-corrected chi connectivity index (χ1v) is 5.53. The van der Waals surface area contributed by atoms with E-state index in [1.165, 1.54) is 5.56 Å². The number of aryl methyl sites for hydroxylation is 1. The number of allylic oxidation sites excluding steroid dienone is 1. The van der Waals surface area contributed by atoms with Crippen molar-refractivity contribution in [2.45, 2.75) is 38.7 Å². The van der Waals surface area contributed by atoms with E-state index < -0.39 is 5.60 Å². The zero-order valence-corrected chi connectivity index (χ0v) is 9.66. The molecule has 0 fully saturated rings. The molecule has 1 aromatic carbocycles. The van der Waals surface area contributed by atoms with Crippen molar-refractivity contribution in [3.63, 3.8) is 0 Å². The van der Waals surface area contributed by atoms with Gasteiger partial charge in [0.2, 0.25) is 0 Å². The molecule has 0 aliphatic heterocycles. The summed E-state index contributed by atoms with van der Waals surface area (Å²) in [5, 5.41) is 10.3. The van der Waals surface area contributed by atoms with Crippen LogP contribution in [0.2, 0.25) is 0 Å². The van der Waals surface area contributed by atoms with Gasteiger partial charge in [-0.1, -0.05) is 37.3 Å². The second kappa shape index (κ2) is 5.13. The molecule has 1 aromatic rings. The molecule has 1 rings (SSSR count). The summed E-state index contributed by atoms with van der Waals surface area (Å²) < 4.78 is 0. The molecule has 0 heterocycles. The number of hydrogen-bond donors (Lipinski definition) is 1. The van der Waals surface area contributed by atoms with Crippen molar-refractivity contribution in [2.75, 3.05) is 0 Å². The molecule has 0 aromatic heterocycles. The van der Waals surface area contributed by atoms with Gasteiger partial charge in [-0.25, -0.2) is 0 Å². The van der Waals surface area contributed by atoms with Crippen LogP contribution in [-0.2, 0) is 12.0 Å². The van der Waals surface area contributed by atoms with Gasteiger partial charge in [-0.3, -0.25) is 0 Å². The normalized spacial score (nSPS) is 14.6. The summed E-state index contributed by atoms with van der Waals surface area (Å²) in [6.45, 7) is 7.67. The first-order chi connectivity index (χ1) is 7.10. The summed E-state index contributed by atoms with van der Waals surface area (Å²) >= 11 is 0. The molecule has 0 spiro atoms. The third-order valence-corrected chi connectivity index (χ3v) is 2.79. The third kappa shape index (κ3) is 3.21. The fourth-order valence-electron chi connectivity index (χ4n) is 1.65. The summed E-state index contributed by atoms with van der Waals surface area (Å²) in [5.41, 5.74) is 1.54. The van der Waals surface area contributed by atoms with Gasteiger partial charge < -0.3 is 5.11 Å². The zero-order valence-electron chi connectivity index (χ0n) is 9.66. The smallest absolute Gasteiger partial charge is 0.0871 e. The molecule has 0 amide bonds. The highest BCUT2D eigenvalue weighted by molar-refractivity contribution is 5.27. The molecule has 0 radical (unpaired) electrons. The van der Waals surface area contributed by atoms with Gasteiger partial charge in [0.05, 0.1) is 5.60 Å². The monoisotopic (exact) mass is 204 g/mol. The van der Waals surface area contributed by atoms with Gasteiger partial charge in [0.15, 0.2) is 0 Å². The Balaban J connectivity index is 2.87. The van der Waals surface area contributed by atoms with E-state index in [-0.39, 0.29) is 0 Å². The topological polar surface area (TPSA) is 20.2 Å². The van der Waals surface area contributed by atoms with Crippen LogP contribution in [0.1, 0.15) is 37.8 Å². The van der Waals surface area contributed by atoms with Crippen LogP contribution in [-0.4, -0.2) is 5.11 Å². The molecule has 1 atom stereocenters. The fraction of sp³-hybridized carbons (Fsp3) is 0.429. The van der Waals surface area contributed by atoms with Gasteiger partial charge in [0, 0.05) is 0 Å². The van der Waals surface area contributed by atoms with Crippen molar-refractivity contribution in [1.29, 1.82) is 0 Å². The molecule has 0 bridgehead atoms. The van der Waals surface area contributed by atoms with Crippen molar-refractivity contribution < 1.29 is 5.11 Å². The Morgan fingerprint density at radius 3 is 2.80 bits per heavy atom. The highest BCUT2D eigenvalue weighted by atomic mass is 16.3. The molecule has 0 saturated heterocycles. The highest BCUT2D eigenvalue weighted by Crippen LogP contribution is 2.26. The molecule has 1 nitrogen and oxygen atoms in total. The summed E-state index contributed by atoms with van der Waals surface area (Å²) in [6.07, 6.45) is 4.41. The quantitative estimate of drug-likeness (QED) is 0.729. The standard InChI is InChI=1S/C14H20O/c1-4-6-10-14(3,15)13-9-7-8-12(5-2)11-13/h4,7-9,11,15H,1,5-6,10H2,2-3H3. The predicted octanol–water partition coefficient (Wildman–Crippen LogP) is 3.42. The lowest BCUT2D eigenvalue weighted by Gasteiger charge is -2.23. The Bertz CT molecular complexity index is 326. The third-order valence-electron chi connectivity index (χ3n) is 2.79. The van der Waals surface area contributed by atoms with Gasteiger partial charge in [0.1, 0.15) is 0 Å². The minimum Gasteiger partial charge on any atom is -0.385 e. The average molecular weight is 204 g/mol. The lowest BCUT2D eigenvalue weighted by molar-refractivity contribution is 0.0487. The average Bonchev–Trinajstić information content (AvgIpc) is 2.26. The first kappa shape index (κ1) is 12.0. The Morgan fingerprint density at radius 2 is 2.20 bits per heavy atom. The first-order valence-electron chi connectivity index (χ1n) is 5.53. The van der Waals surface area contributed by atoms with Crippen molar-refractivity contribution >= 4 is 0 Å². The lowest BCUT2D eigenvalue weighted by atomic mass is 9.90.